The van der Waals surface area contributed by atoms with Gasteiger partial charge in [-0.1, -0.05) is 18.2 Å². The van der Waals surface area contributed by atoms with Crippen molar-refractivity contribution in [2.45, 2.75) is 0 Å². The molecule has 0 bridgehead atoms. The van der Waals surface area contributed by atoms with Crippen LogP contribution in [0.25, 0.3) is 33.3 Å². The highest BCUT2D eigenvalue weighted by Crippen LogP contribution is 2.33. The molecule has 4 rings (SSSR count). The number of benzene rings is 2. The summed E-state index contributed by atoms with van der Waals surface area (Å²) in [4.78, 5) is 25.2. The van der Waals surface area contributed by atoms with E-state index in [1.54, 1.807) is 0 Å². The van der Waals surface area contributed by atoms with E-state index in [1.165, 1.54) is 0 Å². The minimum atomic E-state index is -0.255. The third kappa shape index (κ3) is 2.04. The monoisotopic (exact) mass is 319 g/mol. The second-order valence-electron chi connectivity index (χ2n) is 5.94. The number of hydrogen-bond acceptors (Lipinski definition) is 4. The van der Waals surface area contributed by atoms with Crippen LogP contribution in [0.2, 0.25) is 0 Å². The largest absolute Gasteiger partial charge is 0.397 e. The summed E-state index contributed by atoms with van der Waals surface area (Å²) in [5, 5.41) is 0.817. The molecule has 0 atom stereocenters. The van der Waals surface area contributed by atoms with E-state index in [-0.39, 0.29) is 5.56 Å². The molecule has 0 aliphatic rings. The smallest absolute Gasteiger partial charge is 0.261 e. The summed E-state index contributed by atoms with van der Waals surface area (Å²) in [5.74, 6) is 0.477. The summed E-state index contributed by atoms with van der Waals surface area (Å²) >= 11 is 0. The molecule has 0 amide bonds. The first kappa shape index (κ1) is 14.3. The molecule has 0 aliphatic carbocycles. The fourth-order valence-electron chi connectivity index (χ4n) is 3.04. The highest BCUT2D eigenvalue weighted by molar-refractivity contribution is 6.05. The first-order valence-electron chi connectivity index (χ1n) is 7.63. The maximum absolute atomic E-state index is 12.6. The predicted octanol–water partition coefficient (Wildman–Crippen LogP) is 2.72. The summed E-state index contributed by atoms with van der Waals surface area (Å²) in [7, 11) is 3.89. The maximum Gasteiger partial charge on any atom is 0.261 e. The van der Waals surface area contributed by atoms with E-state index in [0.717, 1.165) is 22.1 Å². The first-order valence-corrected chi connectivity index (χ1v) is 7.63. The zero-order valence-electron chi connectivity index (χ0n) is 13.4. The van der Waals surface area contributed by atoms with Crippen LogP contribution in [0.4, 0.5) is 11.4 Å². The molecular weight excluding hydrogens is 302 g/mol. The number of pyridine rings is 1. The van der Waals surface area contributed by atoms with Crippen LogP contribution in [-0.4, -0.2) is 29.0 Å². The second kappa shape index (κ2) is 5.13. The van der Waals surface area contributed by atoms with Gasteiger partial charge in [0.15, 0.2) is 0 Å². The van der Waals surface area contributed by atoms with Gasteiger partial charge in [-0.2, -0.15) is 0 Å². The van der Waals surface area contributed by atoms with Gasteiger partial charge in [0.05, 0.1) is 22.2 Å². The Hall–Kier alpha value is -3.28. The van der Waals surface area contributed by atoms with Gasteiger partial charge in [-0.3, -0.25) is 4.79 Å². The number of anilines is 2. The molecular formula is C18H17N5O. The number of fused-ring (bicyclic) bond motifs is 2. The summed E-state index contributed by atoms with van der Waals surface area (Å²) in [6, 6.07) is 13.4. The Morgan fingerprint density at radius 3 is 2.50 bits per heavy atom. The van der Waals surface area contributed by atoms with Crippen LogP contribution in [0, 0.1) is 0 Å². The summed E-state index contributed by atoms with van der Waals surface area (Å²) in [6.45, 7) is 0. The van der Waals surface area contributed by atoms with E-state index < -0.39 is 0 Å². The zero-order valence-corrected chi connectivity index (χ0v) is 13.4. The number of para-hydroxylation sites is 2. The number of imidazole rings is 1. The van der Waals surface area contributed by atoms with Gasteiger partial charge in [0.1, 0.15) is 11.4 Å². The molecule has 2 aromatic carbocycles. The Bertz CT molecular complexity index is 1090. The lowest BCUT2D eigenvalue weighted by Crippen LogP contribution is -2.16. The molecule has 0 saturated carbocycles. The molecule has 6 nitrogen and oxygen atoms in total. The second-order valence-corrected chi connectivity index (χ2v) is 5.94. The van der Waals surface area contributed by atoms with Crippen molar-refractivity contribution in [2.75, 3.05) is 24.7 Å². The minimum Gasteiger partial charge on any atom is -0.397 e. The van der Waals surface area contributed by atoms with Crippen LogP contribution in [0.1, 0.15) is 0 Å². The highest BCUT2D eigenvalue weighted by Gasteiger charge is 2.18. The number of nitrogen functional groups attached to an aromatic ring is 1. The van der Waals surface area contributed by atoms with Gasteiger partial charge in [-0.25, -0.2) is 4.98 Å². The summed E-state index contributed by atoms with van der Waals surface area (Å²) in [5.41, 5.74) is 10.3. The van der Waals surface area contributed by atoms with E-state index in [1.807, 2.05) is 61.5 Å². The number of H-pyrrole nitrogens is 2. The molecule has 4 aromatic rings. The number of aromatic nitrogens is 3. The van der Waals surface area contributed by atoms with Crippen LogP contribution < -0.4 is 16.2 Å². The lowest BCUT2D eigenvalue weighted by molar-refractivity contribution is 1.14. The van der Waals surface area contributed by atoms with Crippen molar-refractivity contribution < 1.29 is 0 Å². The molecule has 0 fully saturated rings. The van der Waals surface area contributed by atoms with E-state index in [2.05, 4.69) is 15.0 Å². The molecule has 0 saturated heterocycles. The molecule has 120 valence electrons. The van der Waals surface area contributed by atoms with Crippen molar-refractivity contribution in [1.82, 2.24) is 15.0 Å². The number of nitrogens with zero attached hydrogens (tertiary/aromatic N) is 2. The highest BCUT2D eigenvalue weighted by atomic mass is 16.1. The fraction of sp³-hybridized carbons (Fsp3) is 0.111. The van der Waals surface area contributed by atoms with Crippen molar-refractivity contribution >= 4 is 33.3 Å². The topological polar surface area (TPSA) is 90.8 Å². The quantitative estimate of drug-likeness (QED) is 0.530. The predicted molar refractivity (Wildman–Crippen MR) is 98.4 cm³/mol. The van der Waals surface area contributed by atoms with Gasteiger partial charge in [0.25, 0.3) is 5.56 Å². The Kier molecular flexibility index (Phi) is 3.06. The average Bonchev–Trinajstić information content (AvgIpc) is 2.97. The fourth-order valence-corrected chi connectivity index (χ4v) is 3.04. The number of hydrogen-bond donors (Lipinski definition) is 3. The van der Waals surface area contributed by atoms with Crippen LogP contribution in [-0.2, 0) is 0 Å². The third-order valence-corrected chi connectivity index (χ3v) is 4.16. The van der Waals surface area contributed by atoms with E-state index >= 15 is 0 Å². The van der Waals surface area contributed by atoms with Crippen molar-refractivity contribution in [2.24, 2.45) is 0 Å². The molecule has 2 heterocycles. The maximum atomic E-state index is 12.6. The summed E-state index contributed by atoms with van der Waals surface area (Å²) in [6.07, 6.45) is 0. The van der Waals surface area contributed by atoms with Gasteiger partial charge >= 0.3 is 0 Å². The molecule has 0 spiro atoms. The Labute approximate surface area is 137 Å². The Morgan fingerprint density at radius 2 is 1.75 bits per heavy atom. The summed E-state index contributed by atoms with van der Waals surface area (Å²) < 4.78 is 0. The molecule has 0 aliphatic heterocycles. The van der Waals surface area contributed by atoms with Crippen molar-refractivity contribution in [3.05, 3.63) is 52.8 Å². The molecule has 4 N–H and O–H groups in total. The molecule has 24 heavy (non-hydrogen) atoms. The van der Waals surface area contributed by atoms with Crippen LogP contribution in [0.3, 0.4) is 0 Å². The lowest BCUT2D eigenvalue weighted by Gasteiger charge is -2.17. The Balaban J connectivity index is 2.08. The molecule has 2 aromatic heterocycles. The van der Waals surface area contributed by atoms with Gasteiger partial charge in [0.2, 0.25) is 0 Å². The molecule has 0 radical (unpaired) electrons. The average molecular weight is 319 g/mol. The van der Waals surface area contributed by atoms with E-state index in [4.69, 9.17) is 5.73 Å². The van der Waals surface area contributed by atoms with Crippen LogP contribution >= 0.6 is 0 Å². The van der Waals surface area contributed by atoms with Gasteiger partial charge in [-0.05, 0) is 24.3 Å². The van der Waals surface area contributed by atoms with Crippen molar-refractivity contribution in [3.8, 4) is 11.4 Å². The minimum absolute atomic E-state index is 0.255. The molecule has 0 unspecified atom stereocenters. The van der Waals surface area contributed by atoms with Crippen molar-refractivity contribution in [3.63, 3.8) is 0 Å². The van der Waals surface area contributed by atoms with Gasteiger partial charge < -0.3 is 20.6 Å². The van der Waals surface area contributed by atoms with Gasteiger partial charge in [-0.15, -0.1) is 0 Å². The third-order valence-electron chi connectivity index (χ3n) is 4.16. The normalized spacial score (nSPS) is 11.2. The first-order chi connectivity index (χ1) is 11.6. The van der Waals surface area contributed by atoms with Crippen LogP contribution in [0.15, 0.2) is 47.3 Å². The number of nitrogens with one attached hydrogen (secondary N) is 2. The number of rotatable bonds is 2. The zero-order chi connectivity index (χ0) is 16.8. The molecule has 6 heteroatoms. The van der Waals surface area contributed by atoms with Crippen molar-refractivity contribution in [1.29, 1.82) is 0 Å². The number of aromatic amines is 2. The number of nitrogens with two attached hydrogens (primary N) is 1. The Morgan fingerprint density at radius 1 is 1.00 bits per heavy atom. The van der Waals surface area contributed by atoms with E-state index in [9.17, 15) is 4.79 Å². The van der Waals surface area contributed by atoms with Gasteiger partial charge in [0, 0.05) is 25.2 Å². The lowest BCUT2D eigenvalue weighted by atomic mass is 10.1. The van der Waals surface area contributed by atoms with E-state index in [0.29, 0.717) is 22.6 Å². The standard InChI is InChI=1S/C18H17N5O/c1-23(2)13-9-5-8-12-14(13)16(19)15(18(24)22-12)17-20-10-6-3-4-7-11(10)21-17/h3-9H,1-2H3,(H,20,21)(H3,19,22,24). The SMILES string of the molecule is CN(C)c1cccc2[nH]c(=O)c(-c3nc4ccccc4[nH]3)c(N)c12. The van der Waals surface area contributed by atoms with Crippen LogP contribution in [0.5, 0.6) is 0 Å².